The minimum Gasteiger partial charge on any atom is -0.374 e. The van der Waals surface area contributed by atoms with Crippen LogP contribution in [0.5, 0.6) is 0 Å². The summed E-state index contributed by atoms with van der Waals surface area (Å²) in [5.41, 5.74) is 0. The van der Waals surface area contributed by atoms with Gasteiger partial charge < -0.3 is 9.47 Å². The summed E-state index contributed by atoms with van der Waals surface area (Å²) in [6.45, 7) is 4.32. The van der Waals surface area contributed by atoms with Gasteiger partial charge in [-0.05, 0) is 50.4 Å². The van der Waals surface area contributed by atoms with E-state index in [2.05, 4.69) is 4.90 Å². The van der Waals surface area contributed by atoms with Crippen molar-refractivity contribution in [2.45, 2.75) is 56.8 Å². The highest BCUT2D eigenvalue weighted by atomic mass is 16.5. The Morgan fingerprint density at radius 1 is 1.00 bits per heavy atom. The normalized spacial score (nSPS) is 41.0. The predicted octanol–water partition coefficient (Wildman–Crippen LogP) is 2.05. The number of fused-ring (bicyclic) bond motifs is 2. The molecule has 3 aliphatic carbocycles. The fourth-order valence-electron chi connectivity index (χ4n) is 3.58. The average molecular weight is 251 g/mol. The molecule has 1 aliphatic heterocycles. The maximum absolute atomic E-state index is 6.24. The lowest BCUT2D eigenvalue weighted by Gasteiger charge is -2.31. The summed E-state index contributed by atoms with van der Waals surface area (Å²) in [5, 5.41) is 0. The highest BCUT2D eigenvalue weighted by Crippen LogP contribution is 2.37. The van der Waals surface area contributed by atoms with E-state index in [1.807, 2.05) is 0 Å². The first-order valence-corrected chi connectivity index (χ1v) is 7.87. The lowest BCUT2D eigenvalue weighted by atomic mass is 10.1. The van der Waals surface area contributed by atoms with Gasteiger partial charge in [0.05, 0.1) is 18.8 Å². The Bertz CT molecular complexity index is 301. The molecular formula is C15H25NO2. The third-order valence-electron chi connectivity index (χ3n) is 5.08. The fraction of sp³-hybridized carbons (Fsp3) is 1.00. The van der Waals surface area contributed by atoms with E-state index in [0.29, 0.717) is 18.2 Å². The van der Waals surface area contributed by atoms with Gasteiger partial charge in [0, 0.05) is 25.7 Å². The quantitative estimate of drug-likeness (QED) is 0.746. The van der Waals surface area contributed by atoms with E-state index in [4.69, 9.17) is 9.47 Å². The van der Waals surface area contributed by atoms with Crippen LogP contribution in [-0.2, 0) is 9.47 Å². The first-order valence-electron chi connectivity index (χ1n) is 7.87. The van der Waals surface area contributed by atoms with Crippen LogP contribution in [0.4, 0.5) is 0 Å². The van der Waals surface area contributed by atoms with Crippen LogP contribution in [-0.4, -0.2) is 49.5 Å². The summed E-state index contributed by atoms with van der Waals surface area (Å²) in [4.78, 5) is 2.68. The second kappa shape index (κ2) is 4.77. The molecule has 102 valence electrons. The number of hydrogen-bond donors (Lipinski definition) is 0. The predicted molar refractivity (Wildman–Crippen MR) is 69.5 cm³/mol. The molecule has 2 bridgehead atoms. The minimum atomic E-state index is 0.367. The molecule has 4 fully saturated rings. The molecule has 0 spiro atoms. The average Bonchev–Trinajstić information content (AvgIpc) is 3.23. The molecule has 0 N–H and O–H groups in total. The van der Waals surface area contributed by atoms with Crippen molar-refractivity contribution in [1.29, 1.82) is 0 Å². The van der Waals surface area contributed by atoms with E-state index < -0.39 is 0 Å². The van der Waals surface area contributed by atoms with Gasteiger partial charge in [-0.2, -0.15) is 0 Å². The molecule has 4 aliphatic rings. The highest BCUT2D eigenvalue weighted by molar-refractivity contribution is 4.97. The summed E-state index contributed by atoms with van der Waals surface area (Å²) in [6, 6.07) is 0.650. The van der Waals surface area contributed by atoms with E-state index in [0.717, 1.165) is 31.6 Å². The molecule has 0 aromatic heterocycles. The number of hydrogen-bond acceptors (Lipinski definition) is 3. The molecule has 1 heterocycles. The van der Waals surface area contributed by atoms with Crippen molar-refractivity contribution >= 4 is 0 Å². The van der Waals surface area contributed by atoms with Gasteiger partial charge in [-0.3, -0.25) is 4.90 Å². The van der Waals surface area contributed by atoms with Gasteiger partial charge in [-0.1, -0.05) is 0 Å². The van der Waals surface area contributed by atoms with Crippen LogP contribution in [0.1, 0.15) is 38.5 Å². The Morgan fingerprint density at radius 3 is 2.61 bits per heavy atom. The summed E-state index contributed by atoms with van der Waals surface area (Å²) < 4.78 is 12.3. The molecule has 0 amide bonds. The Kier molecular flexibility index (Phi) is 3.10. The van der Waals surface area contributed by atoms with E-state index in [9.17, 15) is 0 Å². The van der Waals surface area contributed by atoms with Gasteiger partial charge in [-0.25, -0.2) is 0 Å². The van der Waals surface area contributed by atoms with Gasteiger partial charge in [0.1, 0.15) is 0 Å². The second-order valence-corrected chi connectivity index (χ2v) is 6.73. The highest BCUT2D eigenvalue weighted by Gasteiger charge is 2.44. The SMILES string of the molecule is C1CN(CC2CC2)C2CCC(O1)C2OCC1CC1. The zero-order valence-corrected chi connectivity index (χ0v) is 11.2. The Morgan fingerprint density at radius 2 is 1.83 bits per heavy atom. The van der Waals surface area contributed by atoms with Crippen molar-refractivity contribution in [3.05, 3.63) is 0 Å². The van der Waals surface area contributed by atoms with E-state index in [-0.39, 0.29) is 0 Å². The lowest BCUT2D eigenvalue weighted by Crippen LogP contribution is -2.44. The fourth-order valence-corrected chi connectivity index (χ4v) is 3.58. The summed E-state index contributed by atoms with van der Waals surface area (Å²) in [5.74, 6) is 1.84. The molecule has 0 aromatic rings. The van der Waals surface area contributed by atoms with Crippen LogP contribution in [0.2, 0.25) is 0 Å². The van der Waals surface area contributed by atoms with Crippen LogP contribution in [0.15, 0.2) is 0 Å². The molecule has 3 atom stereocenters. The van der Waals surface area contributed by atoms with Crippen molar-refractivity contribution in [2.24, 2.45) is 11.8 Å². The minimum absolute atomic E-state index is 0.367. The number of nitrogens with zero attached hydrogens (tertiary/aromatic N) is 1. The molecule has 3 saturated carbocycles. The van der Waals surface area contributed by atoms with Crippen LogP contribution in [0.25, 0.3) is 0 Å². The monoisotopic (exact) mass is 251 g/mol. The maximum atomic E-state index is 6.24. The Hall–Kier alpha value is -0.120. The van der Waals surface area contributed by atoms with Crippen LogP contribution < -0.4 is 0 Å². The van der Waals surface area contributed by atoms with Crippen molar-refractivity contribution in [3.8, 4) is 0 Å². The first-order chi connectivity index (χ1) is 8.90. The van der Waals surface area contributed by atoms with Crippen molar-refractivity contribution in [1.82, 2.24) is 4.90 Å². The topological polar surface area (TPSA) is 21.7 Å². The van der Waals surface area contributed by atoms with Crippen molar-refractivity contribution in [2.75, 3.05) is 26.3 Å². The largest absolute Gasteiger partial charge is 0.374 e. The van der Waals surface area contributed by atoms with Gasteiger partial charge in [0.15, 0.2) is 0 Å². The molecular weight excluding hydrogens is 226 g/mol. The molecule has 0 radical (unpaired) electrons. The maximum Gasteiger partial charge on any atom is 0.0991 e. The molecule has 3 unspecified atom stereocenters. The van der Waals surface area contributed by atoms with Gasteiger partial charge in [0.2, 0.25) is 0 Å². The molecule has 3 nitrogen and oxygen atoms in total. The van der Waals surface area contributed by atoms with Crippen molar-refractivity contribution < 1.29 is 9.47 Å². The van der Waals surface area contributed by atoms with E-state index >= 15 is 0 Å². The number of ether oxygens (including phenoxy) is 2. The molecule has 0 aromatic carbocycles. The van der Waals surface area contributed by atoms with E-state index in [1.165, 1.54) is 45.1 Å². The summed E-state index contributed by atoms with van der Waals surface area (Å²) in [6.07, 6.45) is 8.91. The van der Waals surface area contributed by atoms with Crippen LogP contribution in [0, 0.1) is 11.8 Å². The summed E-state index contributed by atoms with van der Waals surface area (Å²) >= 11 is 0. The molecule has 4 rings (SSSR count). The lowest BCUT2D eigenvalue weighted by molar-refractivity contribution is -0.0570. The number of rotatable bonds is 5. The van der Waals surface area contributed by atoms with Crippen molar-refractivity contribution in [3.63, 3.8) is 0 Å². The smallest absolute Gasteiger partial charge is 0.0991 e. The molecule has 1 saturated heterocycles. The first kappa shape index (κ1) is 11.7. The summed E-state index contributed by atoms with van der Waals surface area (Å²) in [7, 11) is 0. The second-order valence-electron chi connectivity index (χ2n) is 6.73. The van der Waals surface area contributed by atoms with Crippen LogP contribution >= 0.6 is 0 Å². The molecule has 18 heavy (non-hydrogen) atoms. The third-order valence-corrected chi connectivity index (χ3v) is 5.08. The van der Waals surface area contributed by atoms with E-state index in [1.54, 1.807) is 0 Å². The van der Waals surface area contributed by atoms with Crippen LogP contribution in [0.3, 0.4) is 0 Å². The molecule has 3 heteroatoms. The Labute approximate surface area is 110 Å². The standard InChI is InChI=1S/C15H25NO2/c1-2-11(1)9-16-7-8-17-14-6-5-13(16)15(14)18-10-12-3-4-12/h11-15H,1-10H2. The third kappa shape index (κ3) is 2.45. The van der Waals surface area contributed by atoms with Gasteiger partial charge in [0.25, 0.3) is 0 Å². The van der Waals surface area contributed by atoms with Gasteiger partial charge in [-0.15, -0.1) is 0 Å². The van der Waals surface area contributed by atoms with Gasteiger partial charge >= 0.3 is 0 Å². The zero-order chi connectivity index (χ0) is 11.9. The Balaban J connectivity index is 1.41. The zero-order valence-electron chi connectivity index (χ0n) is 11.2.